The minimum atomic E-state index is -4.62. The number of aliphatic hydroxyl groups is 1. The fourth-order valence-electron chi connectivity index (χ4n) is 3.43. The first kappa shape index (κ1) is 22.2. The van der Waals surface area contributed by atoms with Crippen molar-refractivity contribution >= 4 is 6.03 Å². The first-order valence-corrected chi connectivity index (χ1v) is 9.36. The van der Waals surface area contributed by atoms with Crippen molar-refractivity contribution in [3.05, 3.63) is 0 Å². The van der Waals surface area contributed by atoms with Crippen LogP contribution in [-0.4, -0.2) is 60.8 Å². The number of nitrogens with one attached hydrogen (secondary N) is 5. The van der Waals surface area contributed by atoms with Gasteiger partial charge in [0.05, 0.1) is 18.4 Å². The van der Waals surface area contributed by atoms with Crippen LogP contribution < -0.4 is 26.6 Å². The molecule has 2 rings (SSSR count). The fourth-order valence-corrected chi connectivity index (χ4v) is 3.43. The SMILES string of the molecule is CC(O)CNC1CC(C)NC(NC(=O)NC2CCC(OC(F)(F)F)CC2)N1. The average molecular weight is 397 g/mol. The number of alkyl halides is 3. The molecular formula is C16H30F3N5O3. The van der Waals surface area contributed by atoms with Gasteiger partial charge in [0, 0.05) is 18.6 Å². The Balaban J connectivity index is 1.70. The third-order valence-corrected chi connectivity index (χ3v) is 4.65. The van der Waals surface area contributed by atoms with Gasteiger partial charge in [0.2, 0.25) is 0 Å². The summed E-state index contributed by atoms with van der Waals surface area (Å²) >= 11 is 0. The molecule has 4 atom stereocenters. The van der Waals surface area contributed by atoms with E-state index in [0.717, 1.165) is 6.42 Å². The van der Waals surface area contributed by atoms with Gasteiger partial charge in [-0.05, 0) is 46.0 Å². The number of carbonyl (C=O) groups is 1. The molecule has 0 aromatic rings. The summed E-state index contributed by atoms with van der Waals surface area (Å²) in [5, 5.41) is 24.5. The highest BCUT2D eigenvalue weighted by molar-refractivity contribution is 5.74. The second-order valence-corrected chi connectivity index (χ2v) is 7.37. The minimum absolute atomic E-state index is 0.0592. The normalized spacial score (nSPS) is 33.3. The summed E-state index contributed by atoms with van der Waals surface area (Å²) in [5.41, 5.74) is 0. The summed E-state index contributed by atoms with van der Waals surface area (Å²) in [7, 11) is 0. The smallest absolute Gasteiger partial charge is 0.392 e. The van der Waals surface area contributed by atoms with E-state index in [1.54, 1.807) is 6.92 Å². The van der Waals surface area contributed by atoms with Gasteiger partial charge in [-0.15, -0.1) is 13.2 Å². The number of rotatable bonds is 6. The maximum Gasteiger partial charge on any atom is 0.522 e. The van der Waals surface area contributed by atoms with Crippen LogP contribution in [0.1, 0.15) is 46.0 Å². The first-order valence-electron chi connectivity index (χ1n) is 9.36. The molecule has 1 heterocycles. The van der Waals surface area contributed by atoms with Crippen LogP contribution in [0.25, 0.3) is 0 Å². The number of ether oxygens (including phenoxy) is 1. The summed E-state index contributed by atoms with van der Waals surface area (Å²) < 4.78 is 40.7. The molecule has 0 aromatic carbocycles. The van der Waals surface area contributed by atoms with Crippen molar-refractivity contribution in [1.29, 1.82) is 0 Å². The molecule has 27 heavy (non-hydrogen) atoms. The Hall–Kier alpha value is -1.14. The Morgan fingerprint density at radius 2 is 1.89 bits per heavy atom. The van der Waals surface area contributed by atoms with Crippen molar-refractivity contribution in [3.63, 3.8) is 0 Å². The van der Waals surface area contributed by atoms with Crippen LogP contribution in [0.5, 0.6) is 0 Å². The number of hydrogen-bond donors (Lipinski definition) is 6. The first-order chi connectivity index (χ1) is 12.6. The van der Waals surface area contributed by atoms with E-state index in [4.69, 9.17) is 0 Å². The third-order valence-electron chi connectivity index (χ3n) is 4.65. The van der Waals surface area contributed by atoms with Gasteiger partial charge in [-0.2, -0.15) is 0 Å². The second-order valence-electron chi connectivity index (χ2n) is 7.37. The molecule has 11 heteroatoms. The summed E-state index contributed by atoms with van der Waals surface area (Å²) in [6.07, 6.45) is -4.26. The number of carbonyl (C=O) groups excluding carboxylic acids is 1. The molecule has 158 valence electrons. The molecule has 6 N–H and O–H groups in total. The standard InChI is InChI=1S/C16H30F3N5O3/c1-9-7-13(20-8-10(2)25)23-14(21-9)24-15(26)22-11-3-5-12(6-4-11)27-16(17,18)19/h9-14,20-21,23,25H,3-8H2,1-2H3,(H2,22,24,26). The van der Waals surface area contributed by atoms with E-state index in [1.807, 2.05) is 6.92 Å². The molecule has 1 saturated carbocycles. The predicted molar refractivity (Wildman–Crippen MR) is 92.5 cm³/mol. The van der Waals surface area contributed by atoms with Gasteiger partial charge in [-0.25, -0.2) is 4.79 Å². The maximum atomic E-state index is 12.2. The van der Waals surface area contributed by atoms with Gasteiger partial charge < -0.3 is 15.7 Å². The molecule has 0 spiro atoms. The zero-order chi connectivity index (χ0) is 20.0. The van der Waals surface area contributed by atoms with Gasteiger partial charge in [0.15, 0.2) is 0 Å². The van der Waals surface area contributed by atoms with E-state index in [0.29, 0.717) is 19.4 Å². The predicted octanol–water partition coefficient (Wildman–Crippen LogP) is 0.685. The third kappa shape index (κ3) is 8.60. The summed E-state index contributed by atoms with van der Waals surface area (Å²) in [6, 6.07) is -0.412. The van der Waals surface area contributed by atoms with Crippen molar-refractivity contribution in [1.82, 2.24) is 26.6 Å². The Labute approximate surface area is 157 Å². The van der Waals surface area contributed by atoms with Crippen LogP contribution in [0.3, 0.4) is 0 Å². The molecule has 0 aromatic heterocycles. The molecule has 2 fully saturated rings. The Bertz CT molecular complexity index is 473. The van der Waals surface area contributed by atoms with Crippen LogP contribution in [-0.2, 0) is 4.74 Å². The lowest BCUT2D eigenvalue weighted by Crippen LogP contribution is -2.68. The van der Waals surface area contributed by atoms with E-state index in [2.05, 4.69) is 31.3 Å². The lowest BCUT2D eigenvalue weighted by molar-refractivity contribution is -0.345. The molecule has 2 amide bonds. The van der Waals surface area contributed by atoms with E-state index in [1.165, 1.54) is 0 Å². The fraction of sp³-hybridized carbons (Fsp3) is 0.938. The number of hydrogen-bond acceptors (Lipinski definition) is 6. The Kier molecular flexibility index (Phi) is 8.10. The van der Waals surface area contributed by atoms with Crippen molar-refractivity contribution in [2.45, 2.75) is 89.1 Å². The van der Waals surface area contributed by atoms with Gasteiger partial charge >= 0.3 is 12.4 Å². The maximum absolute atomic E-state index is 12.2. The van der Waals surface area contributed by atoms with Crippen LogP contribution >= 0.6 is 0 Å². The highest BCUT2D eigenvalue weighted by atomic mass is 19.4. The van der Waals surface area contributed by atoms with Crippen LogP contribution in [0, 0.1) is 0 Å². The van der Waals surface area contributed by atoms with Crippen molar-refractivity contribution in [2.75, 3.05) is 6.54 Å². The average Bonchev–Trinajstić information content (AvgIpc) is 2.53. The second kappa shape index (κ2) is 9.87. The highest BCUT2D eigenvalue weighted by Gasteiger charge is 2.35. The van der Waals surface area contributed by atoms with Gasteiger partial charge in [-0.3, -0.25) is 20.7 Å². The topological polar surface area (TPSA) is 107 Å². The summed E-state index contributed by atoms with van der Waals surface area (Å²) in [6.45, 7) is 4.12. The highest BCUT2D eigenvalue weighted by Crippen LogP contribution is 2.27. The van der Waals surface area contributed by atoms with Crippen molar-refractivity contribution in [3.8, 4) is 0 Å². The largest absolute Gasteiger partial charge is 0.522 e. The quantitative estimate of drug-likeness (QED) is 0.394. The number of urea groups is 1. The zero-order valence-corrected chi connectivity index (χ0v) is 15.6. The summed E-state index contributed by atoms with van der Waals surface area (Å²) in [5.74, 6) is 0. The molecule has 0 bridgehead atoms. The van der Waals surface area contributed by atoms with Gasteiger partial charge in [0.1, 0.15) is 6.29 Å². The lowest BCUT2D eigenvalue weighted by atomic mass is 9.93. The molecule has 2 aliphatic rings. The van der Waals surface area contributed by atoms with E-state index in [9.17, 15) is 23.1 Å². The summed E-state index contributed by atoms with van der Waals surface area (Å²) in [4.78, 5) is 12.2. The number of halogens is 3. The van der Waals surface area contributed by atoms with Crippen LogP contribution in [0.4, 0.5) is 18.0 Å². The van der Waals surface area contributed by atoms with Crippen molar-refractivity contribution < 1.29 is 27.8 Å². The molecule has 0 radical (unpaired) electrons. The van der Waals surface area contributed by atoms with E-state index >= 15 is 0 Å². The van der Waals surface area contributed by atoms with E-state index < -0.39 is 24.9 Å². The molecule has 1 aliphatic carbocycles. The molecule has 8 nitrogen and oxygen atoms in total. The van der Waals surface area contributed by atoms with Crippen LogP contribution in [0.15, 0.2) is 0 Å². The van der Waals surface area contributed by atoms with Crippen molar-refractivity contribution in [2.24, 2.45) is 0 Å². The van der Waals surface area contributed by atoms with Gasteiger partial charge in [0.25, 0.3) is 0 Å². The minimum Gasteiger partial charge on any atom is -0.392 e. The molecule has 4 unspecified atom stereocenters. The molecule has 1 aliphatic heterocycles. The zero-order valence-electron chi connectivity index (χ0n) is 15.6. The molecular weight excluding hydrogens is 367 g/mol. The number of aliphatic hydroxyl groups excluding tert-OH is 1. The number of amides is 2. The van der Waals surface area contributed by atoms with Gasteiger partial charge in [-0.1, -0.05) is 0 Å². The van der Waals surface area contributed by atoms with Crippen LogP contribution in [0.2, 0.25) is 0 Å². The van der Waals surface area contributed by atoms with E-state index in [-0.39, 0.29) is 37.1 Å². The lowest BCUT2D eigenvalue weighted by Gasteiger charge is -2.37. The Morgan fingerprint density at radius 3 is 2.48 bits per heavy atom. The molecule has 1 saturated heterocycles. The monoisotopic (exact) mass is 397 g/mol. The Morgan fingerprint density at radius 1 is 1.22 bits per heavy atom.